The van der Waals surface area contributed by atoms with Crippen molar-refractivity contribution in [1.82, 2.24) is 15.6 Å². The first kappa shape index (κ1) is 16.6. The fourth-order valence-corrected chi connectivity index (χ4v) is 3.35. The molecule has 120 valence electrons. The highest BCUT2D eigenvalue weighted by Gasteiger charge is 2.15. The van der Waals surface area contributed by atoms with Crippen molar-refractivity contribution in [3.8, 4) is 0 Å². The quantitative estimate of drug-likeness (QED) is 0.546. The van der Waals surface area contributed by atoms with Crippen molar-refractivity contribution >= 4 is 29.3 Å². The number of hydrogen-bond acceptors (Lipinski definition) is 4. The Morgan fingerprint density at radius 1 is 1.50 bits per heavy atom. The maximum absolute atomic E-state index is 11.9. The lowest BCUT2D eigenvalue weighted by Crippen LogP contribution is -2.40. The van der Waals surface area contributed by atoms with Crippen LogP contribution in [0, 0.1) is 0 Å². The molecule has 0 spiro atoms. The molecular formula is C15H23N5OS. The van der Waals surface area contributed by atoms with Crippen molar-refractivity contribution in [2.24, 2.45) is 4.99 Å². The highest BCUT2D eigenvalue weighted by atomic mass is 32.2. The number of thioether (sulfide) groups is 1. The first-order valence-electron chi connectivity index (χ1n) is 7.61. The number of nitrogens with one attached hydrogen (secondary N) is 3. The zero-order valence-corrected chi connectivity index (χ0v) is 13.7. The Hall–Kier alpha value is -1.76. The van der Waals surface area contributed by atoms with Crippen LogP contribution >= 0.6 is 11.8 Å². The van der Waals surface area contributed by atoms with E-state index in [0.717, 1.165) is 13.1 Å². The standard InChI is InChI=1S/C15H23N5OS/c1-2-17-15(18-10-13-6-4-8-22-13)19-11-14(21)20-12-5-3-7-16-9-12/h3,5,7,9,13H,2,4,6,8,10-11H2,1H3,(H,20,21)(H2,17,18,19). The van der Waals surface area contributed by atoms with Crippen LogP contribution < -0.4 is 16.0 Å². The molecule has 1 fully saturated rings. The van der Waals surface area contributed by atoms with Crippen LogP contribution in [0.4, 0.5) is 5.69 Å². The number of hydrogen-bond donors (Lipinski definition) is 3. The van der Waals surface area contributed by atoms with Crippen LogP contribution in [0.15, 0.2) is 29.5 Å². The summed E-state index contributed by atoms with van der Waals surface area (Å²) in [6, 6.07) is 3.58. The van der Waals surface area contributed by atoms with Gasteiger partial charge in [0.2, 0.25) is 5.91 Å². The minimum atomic E-state index is -0.152. The number of aliphatic imine (C=N–C) groups is 1. The van der Waals surface area contributed by atoms with Crippen LogP contribution in [0.5, 0.6) is 0 Å². The molecular weight excluding hydrogens is 298 g/mol. The Labute approximate surface area is 135 Å². The first-order chi connectivity index (χ1) is 10.8. The van der Waals surface area contributed by atoms with Gasteiger partial charge in [-0.05, 0) is 37.7 Å². The number of anilines is 1. The van der Waals surface area contributed by atoms with E-state index in [-0.39, 0.29) is 12.5 Å². The van der Waals surface area contributed by atoms with Gasteiger partial charge in [-0.1, -0.05) is 0 Å². The zero-order chi connectivity index (χ0) is 15.6. The number of carbonyl (C=O) groups excluding carboxylic acids is 1. The lowest BCUT2D eigenvalue weighted by Gasteiger charge is -2.14. The molecule has 1 aromatic rings. The SMILES string of the molecule is CCNC(=NCC(=O)Nc1cccnc1)NCC1CCCS1. The molecule has 1 aliphatic rings. The molecule has 0 radical (unpaired) electrons. The predicted molar refractivity (Wildman–Crippen MR) is 92.3 cm³/mol. The van der Waals surface area contributed by atoms with Gasteiger partial charge in [0, 0.05) is 24.5 Å². The van der Waals surface area contributed by atoms with E-state index in [1.807, 2.05) is 18.7 Å². The van der Waals surface area contributed by atoms with Crippen LogP contribution in [0.2, 0.25) is 0 Å². The molecule has 1 saturated heterocycles. The van der Waals surface area contributed by atoms with Gasteiger partial charge in [-0.25, -0.2) is 4.99 Å². The Kier molecular flexibility index (Phi) is 7.02. The zero-order valence-electron chi connectivity index (χ0n) is 12.8. The van der Waals surface area contributed by atoms with Gasteiger partial charge in [0.1, 0.15) is 6.54 Å². The summed E-state index contributed by atoms with van der Waals surface area (Å²) in [4.78, 5) is 20.2. The van der Waals surface area contributed by atoms with Crippen LogP contribution in [0.1, 0.15) is 19.8 Å². The van der Waals surface area contributed by atoms with Gasteiger partial charge < -0.3 is 16.0 Å². The number of aromatic nitrogens is 1. The fraction of sp³-hybridized carbons (Fsp3) is 0.533. The number of rotatable bonds is 6. The molecule has 2 heterocycles. The third kappa shape index (κ3) is 5.93. The van der Waals surface area contributed by atoms with Gasteiger partial charge in [0.15, 0.2) is 5.96 Å². The van der Waals surface area contributed by atoms with Gasteiger partial charge in [-0.2, -0.15) is 11.8 Å². The van der Waals surface area contributed by atoms with Crippen molar-refractivity contribution in [3.05, 3.63) is 24.5 Å². The molecule has 22 heavy (non-hydrogen) atoms. The molecule has 0 aliphatic carbocycles. The van der Waals surface area contributed by atoms with Gasteiger partial charge in [-0.3, -0.25) is 9.78 Å². The number of guanidine groups is 1. The van der Waals surface area contributed by atoms with Crippen molar-refractivity contribution in [2.45, 2.75) is 25.0 Å². The van der Waals surface area contributed by atoms with Crippen LogP contribution in [0.25, 0.3) is 0 Å². The van der Waals surface area contributed by atoms with Crippen LogP contribution in [-0.4, -0.2) is 47.5 Å². The topological polar surface area (TPSA) is 78.4 Å². The smallest absolute Gasteiger partial charge is 0.246 e. The summed E-state index contributed by atoms with van der Waals surface area (Å²) in [7, 11) is 0. The van der Waals surface area contributed by atoms with Crippen LogP contribution in [-0.2, 0) is 4.79 Å². The minimum Gasteiger partial charge on any atom is -0.357 e. The molecule has 6 nitrogen and oxygen atoms in total. The maximum atomic E-state index is 11.9. The third-order valence-electron chi connectivity index (χ3n) is 3.19. The molecule has 1 amide bonds. The summed E-state index contributed by atoms with van der Waals surface area (Å²) < 4.78 is 0. The Balaban J connectivity index is 1.79. The lowest BCUT2D eigenvalue weighted by molar-refractivity contribution is -0.114. The summed E-state index contributed by atoms with van der Waals surface area (Å²) in [5.74, 6) is 1.78. The third-order valence-corrected chi connectivity index (χ3v) is 4.59. The first-order valence-corrected chi connectivity index (χ1v) is 8.66. The van der Waals surface area contributed by atoms with E-state index >= 15 is 0 Å². The van der Waals surface area contributed by atoms with Gasteiger partial charge >= 0.3 is 0 Å². The van der Waals surface area contributed by atoms with E-state index < -0.39 is 0 Å². The minimum absolute atomic E-state index is 0.0854. The Morgan fingerprint density at radius 2 is 2.41 bits per heavy atom. The van der Waals surface area contributed by atoms with Crippen molar-refractivity contribution in [1.29, 1.82) is 0 Å². The second-order valence-electron chi connectivity index (χ2n) is 5.00. The number of nitrogens with zero attached hydrogens (tertiary/aromatic N) is 2. The Morgan fingerprint density at radius 3 is 3.09 bits per heavy atom. The fourth-order valence-electron chi connectivity index (χ4n) is 2.15. The van der Waals surface area contributed by atoms with Gasteiger partial charge in [0.25, 0.3) is 0 Å². The molecule has 0 bridgehead atoms. The number of amides is 1. The van der Waals surface area contributed by atoms with Crippen LogP contribution in [0.3, 0.4) is 0 Å². The highest BCUT2D eigenvalue weighted by Crippen LogP contribution is 2.25. The monoisotopic (exact) mass is 321 g/mol. The number of carbonyl (C=O) groups is 1. The molecule has 1 atom stereocenters. The van der Waals surface area contributed by atoms with E-state index in [0.29, 0.717) is 16.9 Å². The molecule has 3 N–H and O–H groups in total. The van der Waals surface area contributed by atoms with E-state index in [1.54, 1.807) is 24.5 Å². The molecule has 1 aliphatic heterocycles. The average molecular weight is 321 g/mol. The molecule has 7 heteroatoms. The second kappa shape index (κ2) is 9.30. The Bertz CT molecular complexity index is 488. The van der Waals surface area contributed by atoms with E-state index in [4.69, 9.17) is 0 Å². The molecule has 1 aromatic heterocycles. The predicted octanol–water partition coefficient (Wildman–Crippen LogP) is 1.47. The second-order valence-corrected chi connectivity index (χ2v) is 6.41. The summed E-state index contributed by atoms with van der Waals surface area (Å²) in [6.07, 6.45) is 5.82. The summed E-state index contributed by atoms with van der Waals surface area (Å²) in [6.45, 7) is 3.76. The average Bonchev–Trinajstić information content (AvgIpc) is 3.04. The van der Waals surface area contributed by atoms with Crippen molar-refractivity contribution in [2.75, 3.05) is 30.7 Å². The van der Waals surface area contributed by atoms with E-state index in [1.165, 1.54) is 18.6 Å². The van der Waals surface area contributed by atoms with Crippen molar-refractivity contribution < 1.29 is 4.79 Å². The maximum Gasteiger partial charge on any atom is 0.246 e. The molecule has 0 saturated carbocycles. The van der Waals surface area contributed by atoms with Gasteiger partial charge in [0.05, 0.1) is 11.9 Å². The summed E-state index contributed by atoms with van der Waals surface area (Å²) in [5.41, 5.74) is 0.683. The summed E-state index contributed by atoms with van der Waals surface area (Å²) in [5, 5.41) is 9.89. The largest absolute Gasteiger partial charge is 0.357 e. The molecule has 1 unspecified atom stereocenters. The summed E-state index contributed by atoms with van der Waals surface area (Å²) >= 11 is 2.00. The molecule has 0 aromatic carbocycles. The lowest BCUT2D eigenvalue weighted by atomic mass is 10.2. The van der Waals surface area contributed by atoms with Gasteiger partial charge in [-0.15, -0.1) is 0 Å². The molecule has 2 rings (SSSR count). The van der Waals surface area contributed by atoms with Crippen molar-refractivity contribution in [3.63, 3.8) is 0 Å². The van der Waals surface area contributed by atoms with E-state index in [2.05, 4.69) is 25.9 Å². The van der Waals surface area contributed by atoms with E-state index in [9.17, 15) is 4.79 Å². The highest BCUT2D eigenvalue weighted by molar-refractivity contribution is 8.00. The normalized spacial score (nSPS) is 18.0. The number of pyridine rings is 1.